The third-order valence-electron chi connectivity index (χ3n) is 1.98. The van der Waals surface area contributed by atoms with Crippen LogP contribution in [0, 0.1) is 11.6 Å². The van der Waals surface area contributed by atoms with Crippen molar-refractivity contribution in [3.05, 3.63) is 29.8 Å². The summed E-state index contributed by atoms with van der Waals surface area (Å²) >= 11 is 1.63. The molecule has 0 atom stereocenters. The summed E-state index contributed by atoms with van der Waals surface area (Å²) in [5.41, 5.74) is -0.364. The minimum Gasteiger partial charge on any atom is -0.321 e. The second-order valence-electron chi connectivity index (χ2n) is 3.24. The van der Waals surface area contributed by atoms with E-state index in [2.05, 4.69) is 5.32 Å². The number of nitrogens with one attached hydrogen (secondary N) is 1. The normalized spacial score (nSPS) is 10.2. The van der Waals surface area contributed by atoms with Crippen LogP contribution < -0.4 is 5.32 Å². The van der Waals surface area contributed by atoms with Gasteiger partial charge in [-0.15, -0.1) is 0 Å². The molecule has 0 aliphatic rings. The van der Waals surface area contributed by atoms with Crippen LogP contribution in [-0.2, 0) is 4.79 Å². The summed E-state index contributed by atoms with van der Waals surface area (Å²) in [7, 11) is 0. The van der Waals surface area contributed by atoms with Crippen molar-refractivity contribution in [3.63, 3.8) is 0 Å². The third kappa shape index (κ3) is 3.81. The molecule has 0 unspecified atom stereocenters. The number of para-hydroxylation sites is 1. The van der Waals surface area contributed by atoms with Gasteiger partial charge < -0.3 is 5.32 Å². The van der Waals surface area contributed by atoms with Gasteiger partial charge >= 0.3 is 0 Å². The molecule has 0 saturated heterocycles. The van der Waals surface area contributed by atoms with Gasteiger partial charge in [0.25, 0.3) is 0 Å². The van der Waals surface area contributed by atoms with Crippen LogP contribution in [0.2, 0.25) is 0 Å². The third-order valence-corrected chi connectivity index (χ3v) is 2.68. The lowest BCUT2D eigenvalue weighted by atomic mass is 10.2. The molecule has 16 heavy (non-hydrogen) atoms. The molecule has 1 aromatic carbocycles. The van der Waals surface area contributed by atoms with Gasteiger partial charge in [-0.1, -0.05) is 6.07 Å². The molecule has 0 spiro atoms. The molecule has 0 heterocycles. The van der Waals surface area contributed by atoms with Gasteiger partial charge in [0, 0.05) is 6.42 Å². The van der Waals surface area contributed by atoms with E-state index in [1.54, 1.807) is 11.8 Å². The van der Waals surface area contributed by atoms with Gasteiger partial charge in [-0.3, -0.25) is 4.79 Å². The van der Waals surface area contributed by atoms with E-state index in [0.717, 1.165) is 17.9 Å². The van der Waals surface area contributed by atoms with Crippen LogP contribution >= 0.6 is 11.8 Å². The molecule has 88 valence electrons. The van der Waals surface area contributed by atoms with E-state index in [0.29, 0.717) is 6.42 Å². The number of anilines is 1. The fourth-order valence-electron chi connectivity index (χ4n) is 1.20. The maximum atomic E-state index is 13.1. The number of carbonyl (C=O) groups is 1. The highest BCUT2D eigenvalue weighted by molar-refractivity contribution is 7.98. The van der Waals surface area contributed by atoms with E-state index in [1.165, 1.54) is 6.07 Å². The predicted molar refractivity (Wildman–Crippen MR) is 62.6 cm³/mol. The van der Waals surface area contributed by atoms with Crippen LogP contribution in [0.15, 0.2) is 18.2 Å². The number of halogens is 2. The fourth-order valence-corrected chi connectivity index (χ4v) is 1.63. The van der Waals surface area contributed by atoms with E-state index in [-0.39, 0.29) is 18.0 Å². The molecule has 0 fully saturated rings. The summed E-state index contributed by atoms with van der Waals surface area (Å²) in [6.45, 7) is 0. The van der Waals surface area contributed by atoms with E-state index in [9.17, 15) is 13.6 Å². The number of rotatable bonds is 5. The van der Waals surface area contributed by atoms with Crippen molar-refractivity contribution in [3.8, 4) is 0 Å². The summed E-state index contributed by atoms with van der Waals surface area (Å²) in [4.78, 5) is 11.3. The Balaban J connectivity index is 2.56. The Hall–Kier alpha value is -1.10. The average molecular weight is 245 g/mol. The predicted octanol–water partition coefficient (Wildman–Crippen LogP) is 3.05. The second-order valence-corrected chi connectivity index (χ2v) is 4.23. The van der Waals surface area contributed by atoms with Crippen molar-refractivity contribution in [1.29, 1.82) is 0 Å². The maximum absolute atomic E-state index is 13.1. The molecule has 0 aliphatic heterocycles. The lowest BCUT2D eigenvalue weighted by Gasteiger charge is -2.06. The van der Waals surface area contributed by atoms with Crippen molar-refractivity contribution in [1.82, 2.24) is 0 Å². The van der Waals surface area contributed by atoms with E-state index in [4.69, 9.17) is 0 Å². The molecule has 0 radical (unpaired) electrons. The number of amides is 1. The van der Waals surface area contributed by atoms with Gasteiger partial charge in [0.05, 0.1) is 0 Å². The minimum absolute atomic E-state index is 0.272. The van der Waals surface area contributed by atoms with Crippen LogP contribution in [0.1, 0.15) is 12.8 Å². The molecular formula is C11H13F2NOS. The topological polar surface area (TPSA) is 29.1 Å². The van der Waals surface area contributed by atoms with Gasteiger partial charge in [0.1, 0.15) is 17.3 Å². The van der Waals surface area contributed by atoms with Crippen LogP contribution in [0.3, 0.4) is 0 Å². The maximum Gasteiger partial charge on any atom is 0.224 e. The van der Waals surface area contributed by atoms with Crippen molar-refractivity contribution in [2.75, 3.05) is 17.3 Å². The molecule has 2 nitrogen and oxygen atoms in total. The quantitative estimate of drug-likeness (QED) is 0.808. The summed E-state index contributed by atoms with van der Waals surface area (Å²) < 4.78 is 26.3. The lowest BCUT2D eigenvalue weighted by molar-refractivity contribution is -0.116. The Bertz CT molecular complexity index is 351. The number of thioether (sulfide) groups is 1. The zero-order valence-electron chi connectivity index (χ0n) is 8.93. The van der Waals surface area contributed by atoms with E-state index < -0.39 is 11.6 Å². The van der Waals surface area contributed by atoms with E-state index in [1.807, 2.05) is 6.26 Å². The van der Waals surface area contributed by atoms with Crippen LogP contribution in [-0.4, -0.2) is 17.9 Å². The fraction of sp³-hybridized carbons (Fsp3) is 0.364. The molecular weight excluding hydrogens is 232 g/mol. The van der Waals surface area contributed by atoms with Gasteiger partial charge in [-0.05, 0) is 30.6 Å². The highest BCUT2D eigenvalue weighted by Gasteiger charge is 2.11. The standard InChI is InChI=1S/C11H13F2NOS/c1-16-7-3-6-10(15)14-11-8(12)4-2-5-9(11)13/h2,4-5H,3,6-7H2,1H3,(H,14,15). The first-order chi connectivity index (χ1) is 7.65. The molecule has 0 saturated carbocycles. The molecule has 5 heteroatoms. The highest BCUT2D eigenvalue weighted by atomic mass is 32.2. The summed E-state index contributed by atoms with van der Waals surface area (Å²) in [6, 6.07) is 3.48. The van der Waals surface area contributed by atoms with Crippen molar-refractivity contribution < 1.29 is 13.6 Å². The zero-order chi connectivity index (χ0) is 12.0. The number of hydrogen-bond donors (Lipinski definition) is 1. The largest absolute Gasteiger partial charge is 0.321 e. The monoisotopic (exact) mass is 245 g/mol. The molecule has 0 bridgehead atoms. The zero-order valence-corrected chi connectivity index (χ0v) is 9.74. The van der Waals surface area contributed by atoms with Crippen molar-refractivity contribution in [2.45, 2.75) is 12.8 Å². The SMILES string of the molecule is CSCCCC(=O)Nc1c(F)cccc1F. The number of benzene rings is 1. The van der Waals surface area contributed by atoms with Gasteiger partial charge in [-0.25, -0.2) is 8.78 Å². The molecule has 1 amide bonds. The Morgan fingerprint density at radius 1 is 1.38 bits per heavy atom. The van der Waals surface area contributed by atoms with Crippen molar-refractivity contribution >= 4 is 23.4 Å². The van der Waals surface area contributed by atoms with Crippen LogP contribution in [0.5, 0.6) is 0 Å². The van der Waals surface area contributed by atoms with Gasteiger partial charge in [0.2, 0.25) is 5.91 Å². The van der Waals surface area contributed by atoms with Gasteiger partial charge in [0.15, 0.2) is 0 Å². The summed E-state index contributed by atoms with van der Waals surface area (Å²) in [6.07, 6.45) is 2.91. The first kappa shape index (κ1) is 13.0. The van der Waals surface area contributed by atoms with Crippen LogP contribution in [0.4, 0.5) is 14.5 Å². The van der Waals surface area contributed by atoms with E-state index >= 15 is 0 Å². The number of hydrogen-bond acceptors (Lipinski definition) is 2. The average Bonchev–Trinajstić information content (AvgIpc) is 2.24. The molecule has 1 aromatic rings. The molecule has 1 rings (SSSR count). The Labute approximate surface area is 97.4 Å². The molecule has 0 aromatic heterocycles. The smallest absolute Gasteiger partial charge is 0.224 e. The highest BCUT2D eigenvalue weighted by Crippen LogP contribution is 2.18. The Morgan fingerprint density at radius 3 is 2.56 bits per heavy atom. The van der Waals surface area contributed by atoms with Gasteiger partial charge in [-0.2, -0.15) is 11.8 Å². The minimum atomic E-state index is -0.752. The number of carbonyl (C=O) groups excluding carboxylic acids is 1. The lowest BCUT2D eigenvalue weighted by Crippen LogP contribution is -2.13. The van der Waals surface area contributed by atoms with Crippen molar-refractivity contribution in [2.24, 2.45) is 0 Å². The Kier molecular flexibility index (Phi) is 5.25. The second kappa shape index (κ2) is 6.48. The first-order valence-corrected chi connectivity index (χ1v) is 6.27. The first-order valence-electron chi connectivity index (χ1n) is 4.88. The summed E-state index contributed by atoms with van der Waals surface area (Å²) in [5.74, 6) is -1.01. The molecule has 1 N–H and O–H groups in total. The van der Waals surface area contributed by atoms with Crippen LogP contribution in [0.25, 0.3) is 0 Å². The Morgan fingerprint density at radius 2 is 2.00 bits per heavy atom. The summed E-state index contributed by atoms with van der Waals surface area (Å²) in [5, 5.41) is 2.24. The molecule has 0 aliphatic carbocycles.